The maximum atomic E-state index is 12.0. The summed E-state index contributed by atoms with van der Waals surface area (Å²) < 4.78 is 0. The van der Waals surface area contributed by atoms with Gasteiger partial charge >= 0.3 is 6.03 Å². The van der Waals surface area contributed by atoms with Crippen LogP contribution in [0.15, 0.2) is 0 Å². The van der Waals surface area contributed by atoms with E-state index in [4.69, 9.17) is 0 Å². The van der Waals surface area contributed by atoms with Crippen LogP contribution in [0.4, 0.5) is 4.79 Å². The number of nitrogens with one attached hydrogen (secondary N) is 1. The molecule has 0 spiro atoms. The number of nitrogens with zero attached hydrogens (tertiary/aromatic N) is 3. The lowest BCUT2D eigenvalue weighted by atomic mass is 10.2. The summed E-state index contributed by atoms with van der Waals surface area (Å²) in [5.41, 5.74) is 0. The van der Waals surface area contributed by atoms with Crippen molar-refractivity contribution in [2.24, 2.45) is 0 Å². The predicted molar refractivity (Wildman–Crippen MR) is 80.3 cm³/mol. The van der Waals surface area contributed by atoms with Gasteiger partial charge in [0.05, 0.1) is 0 Å². The predicted octanol–water partition coefficient (Wildman–Crippen LogP) is -0.0973. The molecule has 0 aromatic heterocycles. The number of hydrogen-bond acceptors (Lipinski definition) is 4. The van der Waals surface area contributed by atoms with Crippen molar-refractivity contribution in [2.45, 2.75) is 25.8 Å². The summed E-state index contributed by atoms with van der Waals surface area (Å²) >= 11 is 0. The Hall–Kier alpha value is -1.34. The van der Waals surface area contributed by atoms with Gasteiger partial charge in [0.25, 0.3) is 0 Å². The average Bonchev–Trinajstić information content (AvgIpc) is 2.65. The fourth-order valence-corrected chi connectivity index (χ4v) is 2.59. The fraction of sp³-hybridized carbons (Fsp3) is 0.769. The first-order chi connectivity index (χ1) is 9.49. The number of imide groups is 1. The zero-order chi connectivity index (χ0) is 14.7. The molecular weight excluding hydrogens is 296 g/mol. The molecule has 0 aliphatic carbocycles. The van der Waals surface area contributed by atoms with Crippen molar-refractivity contribution < 1.29 is 14.4 Å². The maximum Gasteiger partial charge on any atom is 0.326 e. The lowest BCUT2D eigenvalue weighted by molar-refractivity contribution is -0.133. The average molecular weight is 319 g/mol. The van der Waals surface area contributed by atoms with Crippen LogP contribution in [-0.2, 0) is 9.59 Å². The van der Waals surface area contributed by atoms with Crippen molar-refractivity contribution >= 4 is 30.3 Å². The molecule has 0 saturated carbocycles. The van der Waals surface area contributed by atoms with Gasteiger partial charge in [-0.3, -0.25) is 14.5 Å². The molecule has 0 radical (unpaired) electrons. The first-order valence-electron chi connectivity index (χ1n) is 7.05. The zero-order valence-electron chi connectivity index (χ0n) is 12.5. The fourth-order valence-electron chi connectivity index (χ4n) is 2.59. The van der Waals surface area contributed by atoms with Gasteiger partial charge in [-0.25, -0.2) is 4.79 Å². The third kappa shape index (κ3) is 4.31. The van der Waals surface area contributed by atoms with Crippen LogP contribution in [0.3, 0.4) is 0 Å². The second kappa shape index (κ2) is 7.61. The number of piperazine rings is 1. The van der Waals surface area contributed by atoms with Crippen LogP contribution in [0.2, 0.25) is 0 Å². The first kappa shape index (κ1) is 17.7. The highest BCUT2D eigenvalue weighted by Crippen LogP contribution is 2.10. The highest BCUT2D eigenvalue weighted by atomic mass is 35.5. The Morgan fingerprint density at radius 3 is 2.67 bits per heavy atom. The van der Waals surface area contributed by atoms with Gasteiger partial charge in [0, 0.05) is 45.7 Å². The topological polar surface area (TPSA) is 73.0 Å². The van der Waals surface area contributed by atoms with Crippen molar-refractivity contribution in [3.8, 4) is 0 Å². The van der Waals surface area contributed by atoms with E-state index in [1.165, 1.54) is 9.80 Å². The van der Waals surface area contributed by atoms with Crippen LogP contribution in [-0.4, -0.2) is 78.4 Å². The van der Waals surface area contributed by atoms with Crippen LogP contribution in [0.1, 0.15) is 19.8 Å². The number of carbonyl (C=O) groups is 3. The molecule has 1 atom stereocenters. The van der Waals surface area contributed by atoms with Crippen LogP contribution in [0.25, 0.3) is 0 Å². The molecule has 21 heavy (non-hydrogen) atoms. The molecule has 2 saturated heterocycles. The van der Waals surface area contributed by atoms with Gasteiger partial charge in [-0.15, -0.1) is 12.4 Å². The van der Waals surface area contributed by atoms with E-state index in [-0.39, 0.29) is 36.8 Å². The van der Waals surface area contributed by atoms with Gasteiger partial charge in [-0.2, -0.15) is 0 Å². The smallest absolute Gasteiger partial charge is 0.326 e. The van der Waals surface area contributed by atoms with Gasteiger partial charge in [0.15, 0.2) is 0 Å². The highest BCUT2D eigenvalue weighted by molar-refractivity contribution is 6.01. The molecule has 2 heterocycles. The Morgan fingerprint density at radius 2 is 2.10 bits per heavy atom. The molecule has 0 aromatic carbocycles. The molecule has 0 aromatic rings. The quantitative estimate of drug-likeness (QED) is 0.735. The summed E-state index contributed by atoms with van der Waals surface area (Å²) in [6, 6.07) is 0.0568. The number of hydrogen-bond donors (Lipinski definition) is 1. The van der Waals surface area contributed by atoms with E-state index in [1.54, 1.807) is 7.05 Å². The number of amides is 4. The van der Waals surface area contributed by atoms with Crippen LogP contribution < -0.4 is 5.32 Å². The number of rotatable bonds is 4. The third-order valence-corrected chi connectivity index (χ3v) is 3.72. The van der Waals surface area contributed by atoms with Gasteiger partial charge < -0.3 is 15.1 Å². The molecule has 2 aliphatic rings. The Bertz CT molecular complexity index is 418. The van der Waals surface area contributed by atoms with E-state index in [0.29, 0.717) is 25.4 Å². The number of urea groups is 1. The number of halogens is 1. The molecule has 1 N–H and O–H groups in total. The lowest BCUT2D eigenvalue weighted by Gasteiger charge is -2.32. The van der Waals surface area contributed by atoms with E-state index in [9.17, 15) is 14.4 Å². The summed E-state index contributed by atoms with van der Waals surface area (Å²) in [6.45, 7) is 4.80. The van der Waals surface area contributed by atoms with E-state index in [0.717, 1.165) is 19.6 Å². The minimum absolute atomic E-state index is 0. The number of carbonyl (C=O) groups excluding carboxylic acids is 3. The minimum atomic E-state index is -0.266. The summed E-state index contributed by atoms with van der Waals surface area (Å²) in [6.07, 6.45) is 0.913. The summed E-state index contributed by atoms with van der Waals surface area (Å²) in [5.74, 6) is -0.0773. The monoisotopic (exact) mass is 318 g/mol. The normalized spacial score (nSPS) is 22.6. The zero-order valence-corrected chi connectivity index (χ0v) is 13.3. The summed E-state index contributed by atoms with van der Waals surface area (Å²) in [5, 5.41) is 3.29. The van der Waals surface area contributed by atoms with E-state index in [2.05, 4.69) is 12.2 Å². The van der Waals surface area contributed by atoms with E-state index < -0.39 is 0 Å². The minimum Gasteiger partial charge on any atom is -0.340 e. The summed E-state index contributed by atoms with van der Waals surface area (Å²) in [7, 11) is 1.60. The van der Waals surface area contributed by atoms with Crippen LogP contribution >= 0.6 is 12.4 Å². The molecule has 120 valence electrons. The molecule has 0 bridgehead atoms. The maximum absolute atomic E-state index is 12.0. The third-order valence-electron chi connectivity index (χ3n) is 3.72. The van der Waals surface area contributed by atoms with Crippen molar-refractivity contribution in [2.75, 3.05) is 39.8 Å². The van der Waals surface area contributed by atoms with E-state index in [1.807, 2.05) is 4.90 Å². The Balaban J connectivity index is 0.00000220. The molecule has 2 rings (SSSR count). The molecule has 2 aliphatic heterocycles. The van der Waals surface area contributed by atoms with E-state index >= 15 is 0 Å². The van der Waals surface area contributed by atoms with Gasteiger partial charge in [0.1, 0.15) is 6.54 Å². The molecule has 7 nitrogen and oxygen atoms in total. The van der Waals surface area contributed by atoms with Crippen LogP contribution in [0.5, 0.6) is 0 Å². The van der Waals surface area contributed by atoms with Crippen molar-refractivity contribution in [3.05, 3.63) is 0 Å². The Kier molecular flexibility index (Phi) is 6.42. The molecule has 2 fully saturated rings. The highest BCUT2D eigenvalue weighted by Gasteiger charge is 2.33. The Labute approximate surface area is 131 Å². The van der Waals surface area contributed by atoms with Crippen molar-refractivity contribution in [3.63, 3.8) is 0 Å². The molecular formula is C13H23ClN4O3. The van der Waals surface area contributed by atoms with Crippen molar-refractivity contribution in [1.29, 1.82) is 0 Å². The molecule has 8 heteroatoms. The van der Waals surface area contributed by atoms with Crippen LogP contribution in [0, 0.1) is 0 Å². The molecule has 4 amide bonds. The second-order valence-electron chi connectivity index (χ2n) is 5.48. The van der Waals surface area contributed by atoms with Crippen molar-refractivity contribution in [1.82, 2.24) is 20.0 Å². The Morgan fingerprint density at radius 1 is 1.38 bits per heavy atom. The molecule has 1 unspecified atom stereocenters. The largest absolute Gasteiger partial charge is 0.340 e. The summed E-state index contributed by atoms with van der Waals surface area (Å²) in [4.78, 5) is 39.8. The van der Waals surface area contributed by atoms with Gasteiger partial charge in [0.2, 0.25) is 11.8 Å². The second-order valence-corrected chi connectivity index (χ2v) is 5.48. The van der Waals surface area contributed by atoms with Gasteiger partial charge in [-0.05, 0) is 13.3 Å². The van der Waals surface area contributed by atoms with Gasteiger partial charge in [-0.1, -0.05) is 0 Å². The standard InChI is InChI=1S/C13H22N4O3.ClH/c1-10-8-16(7-5-14-10)11(18)4-3-6-17-12(19)9-15(2)13(17)20;/h10,14H,3-9H2,1-2H3;1H. The SMILES string of the molecule is CC1CN(C(=O)CCCN2C(=O)CN(C)C2=O)CCN1.Cl. The lowest BCUT2D eigenvalue weighted by Crippen LogP contribution is -2.51. The number of likely N-dealkylation sites (N-methyl/N-ethyl adjacent to an activating group) is 1. The first-order valence-corrected chi connectivity index (χ1v) is 7.05.